The lowest BCUT2D eigenvalue weighted by Gasteiger charge is -2.32. The van der Waals surface area contributed by atoms with Crippen molar-refractivity contribution in [2.24, 2.45) is 7.05 Å². The average Bonchev–Trinajstić information content (AvgIpc) is 2.94. The van der Waals surface area contributed by atoms with E-state index in [1.54, 1.807) is 0 Å². The second-order valence-corrected chi connectivity index (χ2v) is 9.90. The van der Waals surface area contributed by atoms with Crippen molar-refractivity contribution in [2.75, 3.05) is 44.7 Å². The molecule has 25 heavy (non-hydrogen) atoms. The van der Waals surface area contributed by atoms with Crippen molar-refractivity contribution in [3.05, 3.63) is 11.6 Å². The summed E-state index contributed by atoms with van der Waals surface area (Å²) in [5, 5.41) is 8.94. The van der Waals surface area contributed by atoms with Gasteiger partial charge in [0.25, 0.3) is 0 Å². The Morgan fingerprint density at radius 2 is 1.76 bits per heavy atom. The smallest absolute Gasteiger partial charge is 0.148 e. The number of hydrogen-bond donors (Lipinski definition) is 0. The Balaban J connectivity index is 1.61. The number of likely N-dealkylation sites (tertiary alicyclic amines) is 2. The second-order valence-electron chi connectivity index (χ2n) is 7.64. The Morgan fingerprint density at radius 1 is 1.04 bits per heavy atom. The summed E-state index contributed by atoms with van der Waals surface area (Å²) in [6.45, 7) is 5.67. The normalized spacial score (nSPS) is 23.8. The Kier molecular flexibility index (Phi) is 6.12. The van der Waals surface area contributed by atoms with Gasteiger partial charge in [-0.3, -0.25) is 4.90 Å². The van der Waals surface area contributed by atoms with Crippen LogP contribution in [0.5, 0.6) is 0 Å². The quantitative estimate of drug-likeness (QED) is 0.746. The molecule has 2 saturated heterocycles. The van der Waals surface area contributed by atoms with Crippen LogP contribution < -0.4 is 0 Å². The van der Waals surface area contributed by atoms with E-state index in [9.17, 15) is 8.42 Å². The highest BCUT2D eigenvalue weighted by atomic mass is 32.2. The minimum atomic E-state index is -2.91. The van der Waals surface area contributed by atoms with E-state index in [-0.39, 0.29) is 5.75 Å². The maximum Gasteiger partial charge on any atom is 0.148 e. The standard InChI is InChI=1S/C17H31N5O2S/c1-20-16(14-21-8-4-3-5-9-21)18-19-17(20)15-7-6-10-22(13-15)11-12-25(2,23)24/h15H,3-14H2,1-2H3. The van der Waals surface area contributed by atoms with Crippen molar-refractivity contribution in [1.82, 2.24) is 24.6 Å². The summed E-state index contributed by atoms with van der Waals surface area (Å²) < 4.78 is 25.0. The molecule has 142 valence electrons. The molecule has 1 aromatic rings. The van der Waals surface area contributed by atoms with Crippen LogP contribution >= 0.6 is 0 Å². The summed E-state index contributed by atoms with van der Waals surface area (Å²) in [5.41, 5.74) is 0. The van der Waals surface area contributed by atoms with Gasteiger partial charge in [-0.05, 0) is 45.3 Å². The summed E-state index contributed by atoms with van der Waals surface area (Å²) in [6.07, 6.45) is 7.40. The van der Waals surface area contributed by atoms with Crippen LogP contribution in [-0.4, -0.2) is 77.7 Å². The third-order valence-corrected chi connectivity index (χ3v) is 6.39. The maximum atomic E-state index is 11.4. The lowest BCUT2D eigenvalue weighted by molar-refractivity contribution is 0.208. The molecule has 7 nitrogen and oxygen atoms in total. The van der Waals surface area contributed by atoms with Gasteiger partial charge in [-0.2, -0.15) is 0 Å². The number of piperidine rings is 2. The van der Waals surface area contributed by atoms with Gasteiger partial charge in [-0.1, -0.05) is 6.42 Å². The van der Waals surface area contributed by atoms with Gasteiger partial charge in [0.15, 0.2) is 0 Å². The van der Waals surface area contributed by atoms with Crippen LogP contribution in [-0.2, 0) is 23.4 Å². The van der Waals surface area contributed by atoms with E-state index in [1.165, 1.54) is 25.5 Å². The Labute approximate surface area is 151 Å². The van der Waals surface area contributed by atoms with Crippen LogP contribution in [0.2, 0.25) is 0 Å². The fourth-order valence-corrected chi connectivity index (χ4v) is 4.54. The van der Waals surface area contributed by atoms with Crippen molar-refractivity contribution >= 4 is 9.84 Å². The third-order valence-electron chi connectivity index (χ3n) is 5.46. The lowest BCUT2D eigenvalue weighted by Crippen LogP contribution is -2.38. The Hall–Kier alpha value is -0.990. The molecule has 0 aliphatic carbocycles. The molecule has 1 atom stereocenters. The number of sulfone groups is 1. The second kappa shape index (κ2) is 8.14. The van der Waals surface area contributed by atoms with E-state index in [4.69, 9.17) is 0 Å². The molecule has 1 unspecified atom stereocenters. The fraction of sp³-hybridized carbons (Fsp3) is 0.882. The largest absolute Gasteiger partial charge is 0.317 e. The van der Waals surface area contributed by atoms with Crippen molar-refractivity contribution in [3.63, 3.8) is 0 Å². The first-order chi connectivity index (χ1) is 11.9. The fourth-order valence-electron chi connectivity index (χ4n) is 3.95. The van der Waals surface area contributed by atoms with Gasteiger partial charge in [-0.15, -0.1) is 10.2 Å². The van der Waals surface area contributed by atoms with E-state index in [0.717, 1.165) is 57.2 Å². The number of hydrogen-bond acceptors (Lipinski definition) is 6. The minimum absolute atomic E-state index is 0.235. The molecular formula is C17H31N5O2S. The van der Waals surface area contributed by atoms with Gasteiger partial charge in [0.05, 0.1) is 12.3 Å². The zero-order valence-corrected chi connectivity index (χ0v) is 16.3. The molecule has 8 heteroatoms. The minimum Gasteiger partial charge on any atom is -0.317 e. The summed E-state index contributed by atoms with van der Waals surface area (Å²) >= 11 is 0. The van der Waals surface area contributed by atoms with E-state index in [1.807, 2.05) is 0 Å². The van der Waals surface area contributed by atoms with E-state index < -0.39 is 9.84 Å². The van der Waals surface area contributed by atoms with Crippen molar-refractivity contribution in [2.45, 2.75) is 44.6 Å². The molecule has 3 heterocycles. The van der Waals surface area contributed by atoms with Crippen molar-refractivity contribution < 1.29 is 8.42 Å². The summed E-state index contributed by atoms with van der Waals surface area (Å²) in [6, 6.07) is 0. The van der Waals surface area contributed by atoms with Gasteiger partial charge in [-0.25, -0.2) is 8.42 Å². The van der Waals surface area contributed by atoms with E-state index in [2.05, 4.69) is 31.6 Å². The first-order valence-corrected chi connectivity index (χ1v) is 11.5. The predicted octanol–water partition coefficient (Wildman–Crippen LogP) is 1.03. The highest BCUT2D eigenvalue weighted by molar-refractivity contribution is 7.90. The molecule has 2 aliphatic heterocycles. The zero-order valence-electron chi connectivity index (χ0n) is 15.5. The molecule has 0 bridgehead atoms. The number of rotatable bonds is 6. The summed E-state index contributed by atoms with van der Waals surface area (Å²) in [7, 11) is -0.833. The molecule has 0 spiro atoms. The van der Waals surface area contributed by atoms with Gasteiger partial charge in [0.1, 0.15) is 21.5 Å². The number of aromatic nitrogens is 3. The SMILES string of the molecule is Cn1c(CN2CCCCC2)nnc1C1CCCN(CCS(C)(=O)=O)C1. The molecule has 2 aliphatic rings. The van der Waals surface area contributed by atoms with Crippen molar-refractivity contribution in [3.8, 4) is 0 Å². The molecule has 0 aromatic carbocycles. The van der Waals surface area contributed by atoms with E-state index >= 15 is 0 Å². The van der Waals surface area contributed by atoms with Crippen LogP contribution in [0.3, 0.4) is 0 Å². The predicted molar refractivity (Wildman–Crippen MR) is 98.3 cm³/mol. The van der Waals surface area contributed by atoms with Gasteiger partial charge >= 0.3 is 0 Å². The topological polar surface area (TPSA) is 71.3 Å². The molecule has 2 fully saturated rings. The Bertz CT molecular complexity index is 667. The monoisotopic (exact) mass is 369 g/mol. The Morgan fingerprint density at radius 3 is 2.48 bits per heavy atom. The average molecular weight is 370 g/mol. The van der Waals surface area contributed by atoms with Gasteiger partial charge in [0, 0.05) is 32.3 Å². The molecule has 0 amide bonds. The van der Waals surface area contributed by atoms with Crippen LogP contribution in [0.15, 0.2) is 0 Å². The third kappa shape index (κ3) is 5.24. The van der Waals surface area contributed by atoms with Gasteiger partial charge < -0.3 is 9.47 Å². The molecule has 3 rings (SSSR count). The van der Waals surface area contributed by atoms with Crippen LogP contribution in [0.25, 0.3) is 0 Å². The molecular weight excluding hydrogens is 338 g/mol. The molecule has 1 aromatic heterocycles. The number of nitrogens with zero attached hydrogens (tertiary/aromatic N) is 5. The molecule has 0 radical (unpaired) electrons. The van der Waals surface area contributed by atoms with Crippen LogP contribution in [0, 0.1) is 0 Å². The van der Waals surface area contributed by atoms with Crippen LogP contribution in [0.1, 0.15) is 49.7 Å². The summed E-state index contributed by atoms with van der Waals surface area (Å²) in [4.78, 5) is 4.73. The zero-order chi connectivity index (χ0) is 17.9. The first-order valence-electron chi connectivity index (χ1n) is 9.43. The maximum absolute atomic E-state index is 11.4. The first kappa shape index (κ1) is 18.8. The van der Waals surface area contributed by atoms with E-state index in [0.29, 0.717) is 12.5 Å². The molecule has 0 saturated carbocycles. The van der Waals surface area contributed by atoms with Crippen LogP contribution in [0.4, 0.5) is 0 Å². The van der Waals surface area contributed by atoms with Crippen molar-refractivity contribution in [1.29, 1.82) is 0 Å². The molecule has 0 N–H and O–H groups in total. The highest BCUT2D eigenvalue weighted by Gasteiger charge is 2.26. The highest BCUT2D eigenvalue weighted by Crippen LogP contribution is 2.26. The summed E-state index contributed by atoms with van der Waals surface area (Å²) in [5.74, 6) is 2.68. The lowest BCUT2D eigenvalue weighted by atomic mass is 9.97. The van der Waals surface area contributed by atoms with Gasteiger partial charge in [0.2, 0.25) is 0 Å².